The minimum absolute atomic E-state index is 0.211. The van der Waals surface area contributed by atoms with E-state index in [9.17, 15) is 5.11 Å². The first-order chi connectivity index (χ1) is 10.2. The molecule has 1 N–H and O–H groups in total. The molecule has 2 atom stereocenters. The Morgan fingerprint density at radius 3 is 2.52 bits per heavy atom. The summed E-state index contributed by atoms with van der Waals surface area (Å²) in [6, 6.07) is 18.0. The summed E-state index contributed by atoms with van der Waals surface area (Å²) in [6.45, 7) is 6.19. The number of aliphatic hydroxyl groups excluding tert-OH is 1. The third kappa shape index (κ3) is 4.85. The fourth-order valence-corrected chi connectivity index (χ4v) is 2.17. The minimum atomic E-state index is -0.520. The zero-order chi connectivity index (χ0) is 15.1. The predicted molar refractivity (Wildman–Crippen MR) is 86.9 cm³/mol. The molecule has 0 bridgehead atoms. The molecule has 21 heavy (non-hydrogen) atoms. The maximum absolute atomic E-state index is 10.3. The van der Waals surface area contributed by atoms with Gasteiger partial charge in [0, 0.05) is 6.42 Å². The molecule has 2 nitrogen and oxygen atoms in total. The molecule has 0 unspecified atom stereocenters. The second kappa shape index (κ2) is 7.77. The standard InChI is InChI=1S/C19H22O2/c1-3-16-10-7-11-18(12-16)13-19(20)15(2)21-14-17-8-5-4-6-9-17/h3-12,15,19-20H,1,13-14H2,2H3/t15-,19-/m0/s1. The van der Waals surface area contributed by atoms with Crippen LogP contribution in [-0.2, 0) is 17.8 Å². The highest BCUT2D eigenvalue weighted by atomic mass is 16.5. The summed E-state index contributed by atoms with van der Waals surface area (Å²) in [7, 11) is 0. The molecular weight excluding hydrogens is 260 g/mol. The normalized spacial score (nSPS) is 13.6. The van der Waals surface area contributed by atoms with Gasteiger partial charge in [0.25, 0.3) is 0 Å². The second-order valence-corrected chi connectivity index (χ2v) is 5.22. The Morgan fingerprint density at radius 1 is 1.10 bits per heavy atom. The maximum Gasteiger partial charge on any atom is 0.0839 e. The quantitative estimate of drug-likeness (QED) is 0.836. The Hall–Kier alpha value is -1.90. The molecule has 0 amide bonds. The molecule has 0 radical (unpaired) electrons. The van der Waals surface area contributed by atoms with Crippen molar-refractivity contribution in [1.29, 1.82) is 0 Å². The Kier molecular flexibility index (Phi) is 5.73. The number of hydrogen-bond donors (Lipinski definition) is 1. The first-order valence-electron chi connectivity index (χ1n) is 7.24. The van der Waals surface area contributed by atoms with Gasteiger partial charge in [0.1, 0.15) is 0 Å². The van der Waals surface area contributed by atoms with Crippen LogP contribution in [0, 0.1) is 0 Å². The van der Waals surface area contributed by atoms with Crippen molar-refractivity contribution < 1.29 is 9.84 Å². The molecule has 0 aliphatic carbocycles. The molecule has 0 heterocycles. The predicted octanol–water partition coefficient (Wildman–Crippen LogP) is 3.84. The van der Waals surface area contributed by atoms with Gasteiger partial charge in [-0.25, -0.2) is 0 Å². The van der Waals surface area contributed by atoms with Gasteiger partial charge in [0.05, 0.1) is 18.8 Å². The van der Waals surface area contributed by atoms with Crippen molar-refractivity contribution in [1.82, 2.24) is 0 Å². The van der Waals surface area contributed by atoms with E-state index in [0.717, 1.165) is 16.7 Å². The van der Waals surface area contributed by atoms with Gasteiger partial charge in [-0.05, 0) is 23.6 Å². The highest BCUT2D eigenvalue weighted by Crippen LogP contribution is 2.13. The summed E-state index contributed by atoms with van der Waals surface area (Å²) in [4.78, 5) is 0. The maximum atomic E-state index is 10.3. The van der Waals surface area contributed by atoms with Crippen LogP contribution in [0.25, 0.3) is 6.08 Å². The lowest BCUT2D eigenvalue weighted by Gasteiger charge is -2.20. The summed E-state index contributed by atoms with van der Waals surface area (Å²) in [5, 5.41) is 10.3. The van der Waals surface area contributed by atoms with Gasteiger partial charge in [-0.15, -0.1) is 0 Å². The van der Waals surface area contributed by atoms with Gasteiger partial charge < -0.3 is 9.84 Å². The van der Waals surface area contributed by atoms with Gasteiger partial charge in [-0.1, -0.05) is 67.3 Å². The molecular formula is C19H22O2. The highest BCUT2D eigenvalue weighted by Gasteiger charge is 2.15. The molecule has 0 aliphatic rings. The number of hydrogen-bond acceptors (Lipinski definition) is 2. The fourth-order valence-electron chi connectivity index (χ4n) is 2.17. The number of rotatable bonds is 7. The second-order valence-electron chi connectivity index (χ2n) is 5.22. The van der Waals surface area contributed by atoms with Gasteiger partial charge in [0.15, 0.2) is 0 Å². The van der Waals surface area contributed by atoms with Crippen molar-refractivity contribution in [3.05, 3.63) is 77.9 Å². The van der Waals surface area contributed by atoms with Crippen LogP contribution in [0.4, 0.5) is 0 Å². The van der Waals surface area contributed by atoms with Crippen LogP contribution in [0.15, 0.2) is 61.2 Å². The van der Waals surface area contributed by atoms with E-state index >= 15 is 0 Å². The summed E-state index contributed by atoms with van der Waals surface area (Å²) < 4.78 is 5.75. The van der Waals surface area contributed by atoms with E-state index in [0.29, 0.717) is 13.0 Å². The molecule has 0 aromatic heterocycles. The average molecular weight is 282 g/mol. The number of aliphatic hydroxyl groups is 1. The topological polar surface area (TPSA) is 29.5 Å². The molecule has 0 fully saturated rings. The summed E-state index contributed by atoms with van der Waals surface area (Å²) in [5.41, 5.74) is 3.28. The smallest absolute Gasteiger partial charge is 0.0839 e. The van der Waals surface area contributed by atoms with Crippen molar-refractivity contribution in [2.45, 2.75) is 32.2 Å². The zero-order valence-corrected chi connectivity index (χ0v) is 12.4. The van der Waals surface area contributed by atoms with Crippen LogP contribution >= 0.6 is 0 Å². The largest absolute Gasteiger partial charge is 0.390 e. The van der Waals surface area contributed by atoms with Crippen LogP contribution in [-0.4, -0.2) is 17.3 Å². The van der Waals surface area contributed by atoms with Gasteiger partial charge in [-0.2, -0.15) is 0 Å². The SMILES string of the molecule is C=Cc1cccc(C[C@H](O)[C@H](C)OCc2ccccc2)c1. The van der Waals surface area contributed by atoms with Crippen molar-refractivity contribution >= 4 is 6.08 Å². The summed E-state index contributed by atoms with van der Waals surface area (Å²) in [5.74, 6) is 0. The molecule has 2 heteroatoms. The third-order valence-electron chi connectivity index (χ3n) is 3.53. The third-order valence-corrected chi connectivity index (χ3v) is 3.53. The van der Waals surface area contributed by atoms with Gasteiger partial charge in [-0.3, -0.25) is 0 Å². The Bertz CT molecular complexity index is 563. The van der Waals surface area contributed by atoms with Crippen LogP contribution in [0.1, 0.15) is 23.6 Å². The van der Waals surface area contributed by atoms with E-state index in [1.807, 2.05) is 67.6 Å². The van der Waals surface area contributed by atoms with Crippen molar-refractivity contribution in [2.75, 3.05) is 0 Å². The highest BCUT2D eigenvalue weighted by molar-refractivity contribution is 5.47. The van der Waals surface area contributed by atoms with E-state index in [2.05, 4.69) is 6.58 Å². The lowest BCUT2D eigenvalue weighted by Crippen LogP contribution is -2.28. The van der Waals surface area contributed by atoms with Crippen LogP contribution in [0.2, 0.25) is 0 Å². The minimum Gasteiger partial charge on any atom is -0.390 e. The van der Waals surface area contributed by atoms with E-state index in [-0.39, 0.29) is 6.10 Å². The van der Waals surface area contributed by atoms with Crippen LogP contribution in [0.5, 0.6) is 0 Å². The number of ether oxygens (including phenoxy) is 1. The Balaban J connectivity index is 1.87. The van der Waals surface area contributed by atoms with Gasteiger partial charge >= 0.3 is 0 Å². The zero-order valence-electron chi connectivity index (χ0n) is 12.4. The molecule has 0 spiro atoms. The molecule has 2 rings (SSSR count). The van der Waals surface area contributed by atoms with E-state index in [1.165, 1.54) is 0 Å². The van der Waals surface area contributed by atoms with Gasteiger partial charge in [0.2, 0.25) is 0 Å². The monoisotopic (exact) mass is 282 g/mol. The van der Waals surface area contributed by atoms with E-state index < -0.39 is 6.10 Å². The first kappa shape index (κ1) is 15.5. The molecule has 2 aromatic carbocycles. The van der Waals surface area contributed by atoms with E-state index in [4.69, 9.17) is 4.74 Å². The van der Waals surface area contributed by atoms with Crippen molar-refractivity contribution in [3.8, 4) is 0 Å². The van der Waals surface area contributed by atoms with Crippen LogP contribution < -0.4 is 0 Å². The molecule has 2 aromatic rings. The fraction of sp³-hybridized carbons (Fsp3) is 0.263. The average Bonchev–Trinajstić information content (AvgIpc) is 2.53. The Morgan fingerprint density at radius 2 is 1.81 bits per heavy atom. The molecule has 110 valence electrons. The van der Waals surface area contributed by atoms with Crippen molar-refractivity contribution in [2.24, 2.45) is 0 Å². The lowest BCUT2D eigenvalue weighted by atomic mass is 10.0. The molecule has 0 aliphatic heterocycles. The molecule has 0 saturated carbocycles. The van der Waals surface area contributed by atoms with Crippen LogP contribution in [0.3, 0.4) is 0 Å². The summed E-state index contributed by atoms with van der Waals surface area (Å²) >= 11 is 0. The Labute approximate surface area is 126 Å². The lowest BCUT2D eigenvalue weighted by molar-refractivity contribution is -0.0344. The molecule has 0 saturated heterocycles. The first-order valence-corrected chi connectivity index (χ1v) is 7.24. The summed E-state index contributed by atoms with van der Waals surface area (Å²) in [6.07, 6.45) is 1.66. The van der Waals surface area contributed by atoms with E-state index in [1.54, 1.807) is 0 Å². The van der Waals surface area contributed by atoms with Crippen molar-refractivity contribution in [3.63, 3.8) is 0 Å². The number of benzene rings is 2.